The molecule has 1 aliphatic carbocycles. The van der Waals surface area contributed by atoms with Gasteiger partial charge < -0.3 is 10.1 Å². The van der Waals surface area contributed by atoms with Crippen LogP contribution in [0.5, 0.6) is 5.75 Å². The fourth-order valence-corrected chi connectivity index (χ4v) is 2.24. The fourth-order valence-electron chi connectivity index (χ4n) is 2.24. The monoisotopic (exact) mass is 271 g/mol. The van der Waals surface area contributed by atoms with E-state index < -0.39 is 0 Å². The van der Waals surface area contributed by atoms with Gasteiger partial charge in [0.2, 0.25) is 0 Å². The molecule has 0 bridgehead atoms. The quantitative estimate of drug-likeness (QED) is 0.894. The molecule has 0 spiro atoms. The van der Waals surface area contributed by atoms with E-state index in [2.05, 4.69) is 5.32 Å². The Morgan fingerprint density at radius 1 is 1.20 bits per heavy atom. The minimum absolute atomic E-state index is 0.187. The van der Waals surface area contributed by atoms with Gasteiger partial charge in [-0.1, -0.05) is 24.3 Å². The molecule has 0 unspecified atom stereocenters. The Kier molecular flexibility index (Phi) is 3.70. The maximum Gasteiger partial charge on any atom is 0.131 e. The van der Waals surface area contributed by atoms with Crippen molar-refractivity contribution in [1.29, 1.82) is 0 Å². The van der Waals surface area contributed by atoms with Crippen molar-refractivity contribution < 1.29 is 9.13 Å². The molecule has 0 aliphatic heterocycles. The summed E-state index contributed by atoms with van der Waals surface area (Å²) in [6.45, 7) is 0.736. The van der Waals surface area contributed by atoms with Gasteiger partial charge in [0.15, 0.2) is 0 Å². The standard InChI is InChI=1S/C17H18FNO/c1-20-15-4-2-3-13(10-15)16-8-5-12(9-17(16)18)11-19-14-6-7-14/h2-5,8-10,14,19H,6-7,11H2,1H3. The van der Waals surface area contributed by atoms with Crippen molar-refractivity contribution in [3.05, 3.63) is 53.8 Å². The first-order valence-electron chi connectivity index (χ1n) is 6.92. The number of methoxy groups -OCH3 is 1. The van der Waals surface area contributed by atoms with Crippen LogP contribution in [0.15, 0.2) is 42.5 Å². The summed E-state index contributed by atoms with van der Waals surface area (Å²) in [5.41, 5.74) is 2.43. The lowest BCUT2D eigenvalue weighted by molar-refractivity contribution is 0.415. The highest BCUT2D eigenvalue weighted by molar-refractivity contribution is 5.66. The molecule has 20 heavy (non-hydrogen) atoms. The second-order valence-corrected chi connectivity index (χ2v) is 5.20. The van der Waals surface area contributed by atoms with Crippen LogP contribution in [0.4, 0.5) is 4.39 Å². The van der Waals surface area contributed by atoms with E-state index in [-0.39, 0.29) is 5.82 Å². The van der Waals surface area contributed by atoms with Crippen molar-refractivity contribution in [3.8, 4) is 16.9 Å². The number of halogens is 1. The van der Waals surface area contributed by atoms with Gasteiger partial charge in [-0.2, -0.15) is 0 Å². The van der Waals surface area contributed by atoms with Gasteiger partial charge in [0.1, 0.15) is 11.6 Å². The largest absolute Gasteiger partial charge is 0.497 e. The number of hydrogen-bond donors (Lipinski definition) is 1. The van der Waals surface area contributed by atoms with Gasteiger partial charge in [-0.15, -0.1) is 0 Å². The second-order valence-electron chi connectivity index (χ2n) is 5.20. The Bertz CT molecular complexity index is 608. The molecule has 2 nitrogen and oxygen atoms in total. The molecule has 1 aliphatic rings. The predicted octanol–water partition coefficient (Wildman–Crippen LogP) is 3.75. The number of nitrogens with one attached hydrogen (secondary N) is 1. The average molecular weight is 271 g/mol. The summed E-state index contributed by atoms with van der Waals surface area (Å²) >= 11 is 0. The molecule has 104 valence electrons. The Balaban J connectivity index is 1.81. The Morgan fingerprint density at radius 2 is 2.05 bits per heavy atom. The molecule has 0 aromatic heterocycles. The number of rotatable bonds is 5. The lowest BCUT2D eigenvalue weighted by Gasteiger charge is -2.08. The molecule has 1 fully saturated rings. The molecule has 3 rings (SSSR count). The van der Waals surface area contributed by atoms with E-state index in [0.717, 1.165) is 23.4 Å². The summed E-state index contributed by atoms with van der Waals surface area (Å²) < 4.78 is 19.4. The zero-order valence-electron chi connectivity index (χ0n) is 11.5. The van der Waals surface area contributed by atoms with E-state index in [0.29, 0.717) is 11.6 Å². The maximum atomic E-state index is 14.2. The summed E-state index contributed by atoms with van der Waals surface area (Å²) in [7, 11) is 1.61. The van der Waals surface area contributed by atoms with Crippen LogP contribution in [0.2, 0.25) is 0 Å². The van der Waals surface area contributed by atoms with E-state index in [1.165, 1.54) is 12.8 Å². The van der Waals surface area contributed by atoms with Gasteiger partial charge in [0.05, 0.1) is 7.11 Å². The molecule has 0 atom stereocenters. The molecule has 1 saturated carbocycles. The minimum Gasteiger partial charge on any atom is -0.497 e. The van der Waals surface area contributed by atoms with E-state index in [1.807, 2.05) is 36.4 Å². The van der Waals surface area contributed by atoms with Crippen molar-refractivity contribution in [2.75, 3.05) is 7.11 Å². The normalized spacial score (nSPS) is 14.3. The number of hydrogen-bond acceptors (Lipinski definition) is 2. The third-order valence-corrected chi connectivity index (χ3v) is 3.59. The highest BCUT2D eigenvalue weighted by Gasteiger charge is 2.20. The fraction of sp³-hybridized carbons (Fsp3) is 0.294. The van der Waals surface area contributed by atoms with Crippen molar-refractivity contribution in [1.82, 2.24) is 5.32 Å². The van der Waals surface area contributed by atoms with Crippen molar-refractivity contribution >= 4 is 0 Å². The van der Waals surface area contributed by atoms with Gasteiger partial charge in [-0.25, -0.2) is 4.39 Å². The van der Waals surface area contributed by atoms with Gasteiger partial charge >= 0.3 is 0 Å². The van der Waals surface area contributed by atoms with E-state index in [9.17, 15) is 4.39 Å². The van der Waals surface area contributed by atoms with Gasteiger partial charge in [0, 0.05) is 18.2 Å². The summed E-state index contributed by atoms with van der Waals surface area (Å²) in [6.07, 6.45) is 2.48. The molecule has 3 heteroatoms. The van der Waals surface area contributed by atoms with Crippen LogP contribution in [0.25, 0.3) is 11.1 Å². The molecule has 2 aromatic carbocycles. The first-order valence-corrected chi connectivity index (χ1v) is 6.92. The summed E-state index contributed by atoms with van der Waals surface area (Å²) in [4.78, 5) is 0. The SMILES string of the molecule is COc1cccc(-c2ccc(CNC3CC3)cc2F)c1. The maximum absolute atomic E-state index is 14.2. The van der Waals surface area contributed by atoms with Gasteiger partial charge in [-0.3, -0.25) is 0 Å². The van der Waals surface area contributed by atoms with E-state index >= 15 is 0 Å². The Hall–Kier alpha value is -1.87. The smallest absolute Gasteiger partial charge is 0.131 e. The molecule has 0 radical (unpaired) electrons. The molecule has 1 N–H and O–H groups in total. The summed E-state index contributed by atoms with van der Waals surface area (Å²) in [5, 5.41) is 3.39. The highest BCUT2D eigenvalue weighted by atomic mass is 19.1. The van der Waals surface area contributed by atoms with Crippen LogP contribution in [-0.4, -0.2) is 13.2 Å². The van der Waals surface area contributed by atoms with Crippen LogP contribution in [-0.2, 0) is 6.54 Å². The third-order valence-electron chi connectivity index (χ3n) is 3.59. The summed E-state index contributed by atoms with van der Waals surface area (Å²) in [5.74, 6) is 0.551. The topological polar surface area (TPSA) is 21.3 Å². The Morgan fingerprint density at radius 3 is 2.75 bits per heavy atom. The van der Waals surface area contributed by atoms with Crippen LogP contribution in [0.3, 0.4) is 0 Å². The lowest BCUT2D eigenvalue weighted by Crippen LogP contribution is -2.15. The van der Waals surface area contributed by atoms with Crippen molar-refractivity contribution in [2.24, 2.45) is 0 Å². The number of ether oxygens (including phenoxy) is 1. The van der Waals surface area contributed by atoms with Crippen LogP contribution in [0, 0.1) is 5.82 Å². The first kappa shape index (κ1) is 13.1. The van der Waals surface area contributed by atoms with E-state index in [1.54, 1.807) is 13.2 Å². The number of benzene rings is 2. The first-order chi connectivity index (χ1) is 9.76. The molecule has 0 amide bonds. The molecular weight excluding hydrogens is 253 g/mol. The average Bonchev–Trinajstić information content (AvgIpc) is 3.29. The molecule has 2 aromatic rings. The Labute approximate surface area is 118 Å². The van der Waals surface area contributed by atoms with Crippen LogP contribution >= 0.6 is 0 Å². The summed E-state index contributed by atoms with van der Waals surface area (Å²) in [6, 6.07) is 13.5. The van der Waals surface area contributed by atoms with Crippen LogP contribution in [0.1, 0.15) is 18.4 Å². The zero-order chi connectivity index (χ0) is 13.9. The molecular formula is C17H18FNO. The van der Waals surface area contributed by atoms with E-state index in [4.69, 9.17) is 4.74 Å². The van der Waals surface area contributed by atoms with Gasteiger partial charge in [-0.05, 0) is 42.2 Å². The minimum atomic E-state index is -0.187. The second kappa shape index (κ2) is 5.63. The molecule has 0 heterocycles. The zero-order valence-corrected chi connectivity index (χ0v) is 11.5. The third kappa shape index (κ3) is 2.99. The lowest BCUT2D eigenvalue weighted by atomic mass is 10.0. The van der Waals surface area contributed by atoms with Gasteiger partial charge in [0.25, 0.3) is 0 Å². The highest BCUT2D eigenvalue weighted by Crippen LogP contribution is 2.27. The van der Waals surface area contributed by atoms with Crippen LogP contribution < -0.4 is 10.1 Å². The molecule has 0 saturated heterocycles. The van der Waals surface area contributed by atoms with Crippen molar-refractivity contribution in [2.45, 2.75) is 25.4 Å². The predicted molar refractivity (Wildman–Crippen MR) is 78.2 cm³/mol. The van der Waals surface area contributed by atoms with Crippen molar-refractivity contribution in [3.63, 3.8) is 0 Å².